The lowest BCUT2D eigenvalue weighted by Gasteiger charge is -2.30. The molecule has 0 unspecified atom stereocenters. The molecule has 6 heteroatoms. The minimum absolute atomic E-state index is 0.0745. The predicted molar refractivity (Wildman–Crippen MR) is 70.1 cm³/mol. The van der Waals surface area contributed by atoms with Crippen molar-refractivity contribution in [3.8, 4) is 0 Å². The predicted octanol–water partition coefficient (Wildman–Crippen LogP) is 0.212. The highest BCUT2D eigenvalue weighted by molar-refractivity contribution is 7.92. The minimum atomic E-state index is -3.35. The van der Waals surface area contributed by atoms with Gasteiger partial charge in [0, 0.05) is 18.8 Å². The van der Waals surface area contributed by atoms with E-state index in [-0.39, 0.29) is 11.9 Å². The van der Waals surface area contributed by atoms with E-state index in [1.165, 1.54) is 6.26 Å². The summed E-state index contributed by atoms with van der Waals surface area (Å²) < 4.78 is 22.8. The molecule has 18 heavy (non-hydrogen) atoms. The Morgan fingerprint density at radius 1 is 1.28 bits per heavy atom. The van der Waals surface area contributed by atoms with Crippen LogP contribution in [0.4, 0.5) is 0 Å². The number of hydrogen-bond donors (Lipinski definition) is 2. The van der Waals surface area contributed by atoms with Gasteiger partial charge in [0.1, 0.15) is 4.75 Å². The number of piperidine rings is 1. The van der Waals surface area contributed by atoms with Gasteiger partial charge in [0.25, 0.3) is 0 Å². The van der Waals surface area contributed by atoms with Gasteiger partial charge in [-0.1, -0.05) is 12.8 Å². The summed E-state index contributed by atoms with van der Waals surface area (Å²) in [5.74, 6) is -0.281. The molecule has 0 radical (unpaired) electrons. The second-order valence-corrected chi connectivity index (χ2v) is 7.82. The maximum Gasteiger partial charge on any atom is 0.241 e. The highest BCUT2D eigenvalue weighted by Gasteiger charge is 2.50. The summed E-state index contributed by atoms with van der Waals surface area (Å²) in [6.07, 6.45) is 5.73. The van der Waals surface area contributed by atoms with E-state index in [1.807, 2.05) is 0 Å². The quantitative estimate of drug-likeness (QED) is 0.771. The van der Waals surface area contributed by atoms with Crippen LogP contribution in [0, 0.1) is 0 Å². The molecule has 2 N–H and O–H groups in total. The van der Waals surface area contributed by atoms with Crippen LogP contribution >= 0.6 is 0 Å². The lowest BCUT2D eigenvalue weighted by molar-refractivity contribution is -0.124. The molecule has 5 nitrogen and oxygen atoms in total. The molecule has 104 valence electrons. The molecule has 1 saturated heterocycles. The first kappa shape index (κ1) is 13.8. The number of amides is 1. The van der Waals surface area contributed by atoms with Crippen LogP contribution in [0.2, 0.25) is 0 Å². The molecule has 2 rings (SSSR count). The molecule has 1 aliphatic carbocycles. The summed E-state index contributed by atoms with van der Waals surface area (Å²) in [5.41, 5.74) is 0. The molecule has 2 aliphatic rings. The molecule has 1 atom stereocenters. The number of sulfone groups is 1. The van der Waals surface area contributed by atoms with E-state index in [0.29, 0.717) is 12.8 Å². The lowest BCUT2D eigenvalue weighted by Crippen LogP contribution is -2.55. The van der Waals surface area contributed by atoms with Crippen LogP contribution in [0.25, 0.3) is 0 Å². The fourth-order valence-electron chi connectivity index (χ4n) is 3.00. The Labute approximate surface area is 109 Å². The molecule has 0 aromatic rings. The number of nitrogens with one attached hydrogen (secondary N) is 2. The lowest BCUT2D eigenvalue weighted by atomic mass is 10.0. The first-order chi connectivity index (χ1) is 8.46. The van der Waals surface area contributed by atoms with Crippen molar-refractivity contribution in [2.75, 3.05) is 19.3 Å². The van der Waals surface area contributed by atoms with Crippen LogP contribution in [0.3, 0.4) is 0 Å². The third kappa shape index (κ3) is 2.54. The summed E-state index contributed by atoms with van der Waals surface area (Å²) in [5, 5.41) is 6.15. The van der Waals surface area contributed by atoms with Crippen molar-refractivity contribution in [2.45, 2.75) is 49.3 Å². The number of hydrogen-bond acceptors (Lipinski definition) is 4. The fourth-order valence-corrected chi connectivity index (χ4v) is 4.43. The molecule has 0 spiro atoms. The third-order valence-electron chi connectivity index (χ3n) is 4.17. The molecule has 1 aliphatic heterocycles. The Hall–Kier alpha value is -0.620. The monoisotopic (exact) mass is 274 g/mol. The van der Waals surface area contributed by atoms with E-state index in [0.717, 1.165) is 38.8 Å². The Kier molecular flexibility index (Phi) is 3.96. The number of carbonyl (C=O) groups is 1. The van der Waals surface area contributed by atoms with Crippen LogP contribution in [0.5, 0.6) is 0 Å². The summed E-state index contributed by atoms with van der Waals surface area (Å²) in [6, 6.07) is 0.0745. The van der Waals surface area contributed by atoms with Crippen LogP contribution in [-0.4, -0.2) is 44.5 Å². The second kappa shape index (κ2) is 5.17. The Bertz CT molecular complexity index is 407. The third-order valence-corrected chi connectivity index (χ3v) is 6.18. The van der Waals surface area contributed by atoms with Gasteiger partial charge in [0.2, 0.25) is 5.91 Å². The highest BCUT2D eigenvalue weighted by Crippen LogP contribution is 2.36. The van der Waals surface area contributed by atoms with Gasteiger partial charge in [-0.3, -0.25) is 4.79 Å². The maximum absolute atomic E-state index is 12.4. The molecule has 1 saturated carbocycles. The van der Waals surface area contributed by atoms with Crippen molar-refractivity contribution in [1.82, 2.24) is 10.6 Å². The first-order valence-corrected chi connectivity index (χ1v) is 8.56. The van der Waals surface area contributed by atoms with Crippen molar-refractivity contribution < 1.29 is 13.2 Å². The Balaban J connectivity index is 2.09. The second-order valence-electron chi connectivity index (χ2n) is 5.49. The average Bonchev–Trinajstić information content (AvgIpc) is 2.80. The number of carbonyl (C=O) groups excluding carboxylic acids is 1. The smallest absolute Gasteiger partial charge is 0.241 e. The summed E-state index contributed by atoms with van der Waals surface area (Å²) in [4.78, 5) is 12.4. The molecule has 0 aromatic carbocycles. The maximum atomic E-state index is 12.4. The zero-order valence-corrected chi connectivity index (χ0v) is 11.7. The Morgan fingerprint density at radius 3 is 2.44 bits per heavy atom. The Morgan fingerprint density at radius 2 is 1.94 bits per heavy atom. The van der Waals surface area contributed by atoms with E-state index in [2.05, 4.69) is 10.6 Å². The van der Waals surface area contributed by atoms with Gasteiger partial charge in [0.05, 0.1) is 0 Å². The van der Waals surface area contributed by atoms with Crippen LogP contribution in [-0.2, 0) is 14.6 Å². The van der Waals surface area contributed by atoms with Crippen molar-refractivity contribution in [2.24, 2.45) is 0 Å². The SMILES string of the molecule is CS(=O)(=O)C1(C(=O)N[C@H]2CCCNC2)CCCC1. The fraction of sp³-hybridized carbons (Fsp3) is 0.917. The topological polar surface area (TPSA) is 75.3 Å². The summed E-state index contributed by atoms with van der Waals surface area (Å²) >= 11 is 0. The summed E-state index contributed by atoms with van der Waals surface area (Å²) in [7, 11) is -3.35. The molecular formula is C12H22N2O3S. The van der Waals surface area contributed by atoms with Crippen LogP contribution in [0.15, 0.2) is 0 Å². The summed E-state index contributed by atoms with van der Waals surface area (Å²) in [6.45, 7) is 1.72. The number of rotatable bonds is 3. The molecule has 1 amide bonds. The molecule has 1 heterocycles. The van der Waals surface area contributed by atoms with E-state index < -0.39 is 14.6 Å². The van der Waals surface area contributed by atoms with E-state index in [9.17, 15) is 13.2 Å². The van der Waals surface area contributed by atoms with Gasteiger partial charge in [-0.25, -0.2) is 8.42 Å². The minimum Gasteiger partial charge on any atom is -0.351 e. The standard InChI is InChI=1S/C12H22N2O3S/c1-18(16,17)12(6-2-3-7-12)11(15)14-10-5-4-8-13-9-10/h10,13H,2-9H2,1H3,(H,14,15)/t10-/m0/s1. The van der Waals surface area contributed by atoms with E-state index >= 15 is 0 Å². The van der Waals surface area contributed by atoms with Crippen molar-refractivity contribution in [1.29, 1.82) is 0 Å². The van der Waals surface area contributed by atoms with Crippen molar-refractivity contribution >= 4 is 15.7 Å². The van der Waals surface area contributed by atoms with Crippen molar-refractivity contribution in [3.63, 3.8) is 0 Å². The highest BCUT2D eigenvalue weighted by atomic mass is 32.2. The normalized spacial score (nSPS) is 27.9. The molecule has 2 fully saturated rings. The molecule has 0 aromatic heterocycles. The van der Waals surface area contributed by atoms with Gasteiger partial charge in [-0.2, -0.15) is 0 Å². The van der Waals surface area contributed by atoms with Crippen LogP contribution < -0.4 is 10.6 Å². The largest absolute Gasteiger partial charge is 0.351 e. The molecular weight excluding hydrogens is 252 g/mol. The average molecular weight is 274 g/mol. The van der Waals surface area contributed by atoms with Gasteiger partial charge in [-0.05, 0) is 32.2 Å². The zero-order valence-electron chi connectivity index (χ0n) is 10.9. The van der Waals surface area contributed by atoms with Gasteiger partial charge in [0.15, 0.2) is 9.84 Å². The van der Waals surface area contributed by atoms with Crippen LogP contribution in [0.1, 0.15) is 38.5 Å². The van der Waals surface area contributed by atoms with Gasteiger partial charge < -0.3 is 10.6 Å². The van der Waals surface area contributed by atoms with Crippen molar-refractivity contribution in [3.05, 3.63) is 0 Å². The van der Waals surface area contributed by atoms with Gasteiger partial charge in [-0.15, -0.1) is 0 Å². The van der Waals surface area contributed by atoms with E-state index in [1.54, 1.807) is 0 Å². The first-order valence-electron chi connectivity index (χ1n) is 6.67. The van der Waals surface area contributed by atoms with E-state index in [4.69, 9.17) is 0 Å². The zero-order chi connectivity index (χ0) is 13.2. The molecule has 0 bridgehead atoms. The van der Waals surface area contributed by atoms with Gasteiger partial charge >= 0.3 is 0 Å².